The van der Waals surface area contributed by atoms with Crippen LogP contribution < -0.4 is 21.1 Å². The van der Waals surface area contributed by atoms with Crippen LogP contribution in [0.1, 0.15) is 10.4 Å². The van der Waals surface area contributed by atoms with E-state index in [1.54, 1.807) is 11.0 Å². The van der Waals surface area contributed by atoms with Gasteiger partial charge >= 0.3 is 0 Å². The van der Waals surface area contributed by atoms with Gasteiger partial charge in [0.15, 0.2) is 0 Å². The van der Waals surface area contributed by atoms with Gasteiger partial charge in [0, 0.05) is 11.3 Å². The first-order valence-corrected chi connectivity index (χ1v) is 8.63. The van der Waals surface area contributed by atoms with Crippen molar-refractivity contribution in [3.8, 4) is 17.0 Å². The Morgan fingerprint density at radius 2 is 1.85 bits per heavy atom. The van der Waals surface area contributed by atoms with E-state index in [2.05, 4.69) is 9.97 Å². The molecule has 1 amide bonds. The van der Waals surface area contributed by atoms with E-state index in [0.717, 1.165) is 11.1 Å². The van der Waals surface area contributed by atoms with Gasteiger partial charge in [-0.15, -0.1) is 0 Å². The number of carbonyl (C=O) groups is 1. The highest BCUT2D eigenvalue weighted by atomic mass is 35.5. The second-order valence-electron chi connectivity index (χ2n) is 5.99. The predicted octanol–water partition coefficient (Wildman–Crippen LogP) is 3.00. The number of carbonyl (C=O) groups excluding carboxylic acids is 1. The normalized spacial score (nSPS) is 13.7. The summed E-state index contributed by atoms with van der Waals surface area (Å²) in [5, 5.41) is 0.503. The topological polar surface area (TPSA) is 107 Å². The highest BCUT2D eigenvalue weighted by Gasteiger charge is 2.28. The van der Waals surface area contributed by atoms with Crippen LogP contribution in [-0.4, -0.2) is 29.0 Å². The zero-order chi connectivity index (χ0) is 19.0. The van der Waals surface area contributed by atoms with Crippen LogP contribution in [0.3, 0.4) is 0 Å². The van der Waals surface area contributed by atoms with E-state index in [1.807, 2.05) is 36.4 Å². The van der Waals surface area contributed by atoms with E-state index in [1.165, 1.54) is 6.33 Å². The summed E-state index contributed by atoms with van der Waals surface area (Å²) in [6.07, 6.45) is 1.28. The molecule has 0 atom stereocenters. The Labute approximate surface area is 160 Å². The van der Waals surface area contributed by atoms with Crippen molar-refractivity contribution in [2.45, 2.75) is 0 Å². The number of fused-ring (bicyclic) bond motifs is 1. The molecule has 4 rings (SSSR count). The summed E-state index contributed by atoms with van der Waals surface area (Å²) in [6, 6.07) is 13.0. The molecule has 0 saturated carbocycles. The molecular formula is C19H16ClN5O2. The van der Waals surface area contributed by atoms with Gasteiger partial charge in [0.2, 0.25) is 5.88 Å². The average Bonchev–Trinajstić information content (AvgIpc) is 2.84. The molecule has 3 aromatic rings. The quantitative estimate of drug-likeness (QED) is 0.661. The summed E-state index contributed by atoms with van der Waals surface area (Å²) in [5.41, 5.74) is 15.1. The van der Waals surface area contributed by atoms with Gasteiger partial charge in [-0.3, -0.25) is 4.79 Å². The molecule has 1 aromatic heterocycles. The molecule has 0 aliphatic carbocycles. The number of hydrogen-bond acceptors (Lipinski definition) is 6. The second-order valence-corrected chi connectivity index (χ2v) is 6.40. The first-order valence-electron chi connectivity index (χ1n) is 8.26. The number of nitrogens with zero attached hydrogens (tertiary/aromatic N) is 3. The Morgan fingerprint density at radius 1 is 1.07 bits per heavy atom. The maximum Gasteiger partial charge on any atom is 0.267 e. The number of aromatic nitrogens is 2. The summed E-state index contributed by atoms with van der Waals surface area (Å²) in [7, 11) is 0. The minimum absolute atomic E-state index is 0.0974. The lowest BCUT2D eigenvalue weighted by Gasteiger charge is -2.20. The minimum Gasteiger partial charge on any atom is -0.475 e. The monoisotopic (exact) mass is 381 g/mol. The first-order chi connectivity index (χ1) is 13.1. The van der Waals surface area contributed by atoms with Crippen molar-refractivity contribution in [1.29, 1.82) is 0 Å². The third-order valence-corrected chi connectivity index (χ3v) is 4.73. The molecule has 2 aromatic carbocycles. The van der Waals surface area contributed by atoms with Crippen LogP contribution in [-0.2, 0) is 0 Å². The maximum absolute atomic E-state index is 13.0. The number of para-hydroxylation sites is 1. The largest absolute Gasteiger partial charge is 0.475 e. The summed E-state index contributed by atoms with van der Waals surface area (Å²) in [4.78, 5) is 22.5. The molecule has 0 unspecified atom stereocenters. The van der Waals surface area contributed by atoms with Crippen LogP contribution >= 0.6 is 11.6 Å². The summed E-state index contributed by atoms with van der Waals surface area (Å²) < 4.78 is 5.55. The molecule has 4 N–H and O–H groups in total. The van der Waals surface area contributed by atoms with Gasteiger partial charge in [-0.1, -0.05) is 35.9 Å². The highest BCUT2D eigenvalue weighted by Crippen LogP contribution is 2.33. The molecule has 0 fully saturated rings. The van der Waals surface area contributed by atoms with Crippen molar-refractivity contribution in [1.82, 2.24) is 9.97 Å². The van der Waals surface area contributed by atoms with Gasteiger partial charge in [-0.2, -0.15) is 0 Å². The fraction of sp³-hybridized carbons (Fsp3) is 0.105. The second kappa shape index (κ2) is 6.77. The molecule has 1 aliphatic rings. The number of amides is 1. The molecule has 136 valence electrons. The van der Waals surface area contributed by atoms with Crippen molar-refractivity contribution >= 4 is 34.7 Å². The van der Waals surface area contributed by atoms with Crippen molar-refractivity contribution in [3.05, 3.63) is 59.4 Å². The standard InChI is InChI=1S/C19H16ClN5O2/c20-14-3-1-2-13(16(14)21)11-4-6-12(7-5-11)25-8-9-27-18-15(19(25)26)17(22)23-10-24-18/h1-7,10H,8-9,21H2,(H2,22,23,24). The average molecular weight is 382 g/mol. The number of halogens is 1. The summed E-state index contributed by atoms with van der Waals surface area (Å²) in [6.45, 7) is 0.672. The van der Waals surface area contributed by atoms with Crippen LogP contribution in [0, 0.1) is 0 Å². The van der Waals surface area contributed by atoms with Crippen LogP contribution in [0.25, 0.3) is 11.1 Å². The van der Waals surface area contributed by atoms with Gasteiger partial charge in [-0.25, -0.2) is 9.97 Å². The number of ether oxygens (including phenoxy) is 1. The predicted molar refractivity (Wildman–Crippen MR) is 105 cm³/mol. The molecule has 0 bridgehead atoms. The van der Waals surface area contributed by atoms with E-state index in [4.69, 9.17) is 27.8 Å². The van der Waals surface area contributed by atoms with E-state index in [9.17, 15) is 4.79 Å². The van der Waals surface area contributed by atoms with Gasteiger partial charge in [-0.05, 0) is 23.8 Å². The summed E-state index contributed by atoms with van der Waals surface area (Å²) in [5.74, 6) is 0.00848. The third-order valence-electron chi connectivity index (χ3n) is 4.40. The fourth-order valence-corrected chi connectivity index (χ4v) is 3.19. The van der Waals surface area contributed by atoms with E-state index >= 15 is 0 Å². The first kappa shape index (κ1) is 17.1. The molecule has 0 radical (unpaired) electrons. The number of anilines is 3. The zero-order valence-electron chi connectivity index (χ0n) is 14.2. The number of rotatable bonds is 2. The maximum atomic E-state index is 13.0. The van der Waals surface area contributed by atoms with Crippen LogP contribution in [0.5, 0.6) is 5.88 Å². The van der Waals surface area contributed by atoms with E-state index in [-0.39, 0.29) is 23.2 Å². The molecule has 2 heterocycles. The van der Waals surface area contributed by atoms with Gasteiger partial charge in [0.05, 0.1) is 17.3 Å². The van der Waals surface area contributed by atoms with Crippen molar-refractivity contribution < 1.29 is 9.53 Å². The molecule has 0 spiro atoms. The molecule has 27 heavy (non-hydrogen) atoms. The molecule has 7 nitrogen and oxygen atoms in total. The lowest BCUT2D eigenvalue weighted by Crippen LogP contribution is -2.32. The Bertz CT molecular complexity index is 1020. The number of benzene rings is 2. The Kier molecular flexibility index (Phi) is 4.29. The molecule has 1 aliphatic heterocycles. The lowest BCUT2D eigenvalue weighted by atomic mass is 10.0. The Morgan fingerprint density at radius 3 is 2.63 bits per heavy atom. The lowest BCUT2D eigenvalue weighted by molar-refractivity contribution is 0.0990. The van der Waals surface area contributed by atoms with E-state index in [0.29, 0.717) is 29.5 Å². The van der Waals surface area contributed by atoms with Crippen molar-refractivity contribution in [2.24, 2.45) is 0 Å². The third kappa shape index (κ3) is 3.02. The molecule has 0 saturated heterocycles. The van der Waals surface area contributed by atoms with Gasteiger partial charge in [0.25, 0.3) is 5.91 Å². The van der Waals surface area contributed by atoms with Crippen molar-refractivity contribution in [3.63, 3.8) is 0 Å². The van der Waals surface area contributed by atoms with Gasteiger partial charge < -0.3 is 21.1 Å². The Balaban J connectivity index is 1.69. The SMILES string of the molecule is Nc1ncnc2c1C(=O)N(c1ccc(-c3cccc(Cl)c3N)cc1)CCO2. The van der Waals surface area contributed by atoms with Crippen molar-refractivity contribution in [2.75, 3.05) is 29.5 Å². The highest BCUT2D eigenvalue weighted by molar-refractivity contribution is 6.33. The molecular weight excluding hydrogens is 366 g/mol. The van der Waals surface area contributed by atoms with Gasteiger partial charge in [0.1, 0.15) is 24.3 Å². The van der Waals surface area contributed by atoms with Crippen LogP contribution in [0.2, 0.25) is 5.02 Å². The van der Waals surface area contributed by atoms with Crippen LogP contribution in [0.4, 0.5) is 17.2 Å². The fourth-order valence-electron chi connectivity index (χ4n) is 3.02. The number of hydrogen-bond donors (Lipinski definition) is 2. The smallest absolute Gasteiger partial charge is 0.267 e. The Hall–Kier alpha value is -3.32. The number of nitrogen functional groups attached to an aromatic ring is 2. The van der Waals surface area contributed by atoms with Crippen LogP contribution in [0.15, 0.2) is 48.8 Å². The minimum atomic E-state index is -0.296. The zero-order valence-corrected chi connectivity index (χ0v) is 15.0. The molecule has 8 heteroatoms. The number of nitrogens with two attached hydrogens (primary N) is 2. The summed E-state index contributed by atoms with van der Waals surface area (Å²) >= 11 is 6.10. The van der Waals surface area contributed by atoms with E-state index < -0.39 is 0 Å².